The van der Waals surface area contributed by atoms with Crippen LogP contribution in [0.3, 0.4) is 0 Å². The number of aliphatic hydroxyl groups excluding tert-OH is 1. The Bertz CT molecular complexity index is 600. The van der Waals surface area contributed by atoms with E-state index < -0.39 is 0 Å². The van der Waals surface area contributed by atoms with Gasteiger partial charge in [0.15, 0.2) is 0 Å². The van der Waals surface area contributed by atoms with E-state index in [-0.39, 0.29) is 30.3 Å². The number of ether oxygens (including phenoxy) is 2. The Labute approximate surface area is 166 Å². The summed E-state index contributed by atoms with van der Waals surface area (Å²) in [4.78, 5) is 22.0. The van der Waals surface area contributed by atoms with E-state index in [1.54, 1.807) is 0 Å². The van der Waals surface area contributed by atoms with E-state index in [1.165, 1.54) is 7.11 Å². The molecule has 0 aliphatic carbocycles. The van der Waals surface area contributed by atoms with Gasteiger partial charge < -0.3 is 24.6 Å². The SMILES string of the molecule is COC(=O)CCCN1CCC2(CC1)C[C@H](O)C[C@H](c1ccccc1)O2.O=CO. The molecule has 7 heteroatoms. The number of benzene rings is 1. The Morgan fingerprint density at radius 1 is 1.32 bits per heavy atom. The number of carbonyl (C=O) groups is 2. The molecule has 28 heavy (non-hydrogen) atoms. The minimum absolute atomic E-state index is 0.0178. The van der Waals surface area contributed by atoms with Crippen molar-refractivity contribution in [2.75, 3.05) is 26.7 Å². The molecule has 3 rings (SSSR count). The maximum Gasteiger partial charge on any atom is 0.305 e. The summed E-state index contributed by atoms with van der Waals surface area (Å²) in [7, 11) is 1.43. The number of piperidine rings is 1. The topological polar surface area (TPSA) is 96.3 Å². The first-order valence-electron chi connectivity index (χ1n) is 9.80. The van der Waals surface area contributed by atoms with Gasteiger partial charge >= 0.3 is 5.97 Å². The highest BCUT2D eigenvalue weighted by Gasteiger charge is 2.43. The fraction of sp³-hybridized carbons (Fsp3) is 0.619. The number of nitrogens with zero attached hydrogens (tertiary/aromatic N) is 1. The van der Waals surface area contributed by atoms with Crippen LogP contribution in [-0.4, -0.2) is 66.0 Å². The first-order valence-corrected chi connectivity index (χ1v) is 9.80. The lowest BCUT2D eigenvalue weighted by molar-refractivity contribution is -0.184. The van der Waals surface area contributed by atoms with Crippen molar-refractivity contribution in [3.63, 3.8) is 0 Å². The molecule has 2 fully saturated rings. The standard InChI is InChI=1S/C20H29NO4.CH2O2/c1-24-19(23)8-5-11-21-12-9-20(10-13-21)15-17(22)14-18(25-20)16-6-3-2-4-7-16;2-1-3/h2-4,6-7,17-18,22H,5,8-15H2,1H3;1H,(H,2,3)/t17-,18-;/m1./s1. The Hall–Kier alpha value is -1.96. The number of rotatable bonds is 5. The van der Waals surface area contributed by atoms with Gasteiger partial charge in [0.05, 0.1) is 24.9 Å². The minimum atomic E-state index is -0.301. The molecule has 2 atom stereocenters. The zero-order valence-corrected chi connectivity index (χ0v) is 16.5. The van der Waals surface area contributed by atoms with Crippen LogP contribution in [-0.2, 0) is 19.1 Å². The number of carboxylic acid groups (broad SMARTS) is 1. The second kappa shape index (κ2) is 11.1. The van der Waals surface area contributed by atoms with Crippen molar-refractivity contribution in [2.45, 2.75) is 56.3 Å². The van der Waals surface area contributed by atoms with Crippen molar-refractivity contribution < 1.29 is 29.3 Å². The maximum absolute atomic E-state index is 11.2. The van der Waals surface area contributed by atoms with E-state index in [4.69, 9.17) is 19.4 Å². The van der Waals surface area contributed by atoms with Crippen LogP contribution >= 0.6 is 0 Å². The van der Waals surface area contributed by atoms with Crippen LogP contribution < -0.4 is 0 Å². The Kier molecular flexibility index (Phi) is 8.89. The largest absolute Gasteiger partial charge is 0.483 e. The number of carbonyl (C=O) groups excluding carboxylic acids is 1. The molecule has 7 nitrogen and oxygen atoms in total. The van der Waals surface area contributed by atoms with Gasteiger partial charge in [-0.15, -0.1) is 0 Å². The Morgan fingerprint density at radius 2 is 1.96 bits per heavy atom. The van der Waals surface area contributed by atoms with E-state index in [9.17, 15) is 9.90 Å². The highest BCUT2D eigenvalue weighted by Crippen LogP contribution is 2.42. The van der Waals surface area contributed by atoms with Crippen LogP contribution in [0.25, 0.3) is 0 Å². The van der Waals surface area contributed by atoms with Gasteiger partial charge in [-0.25, -0.2) is 0 Å². The summed E-state index contributed by atoms with van der Waals surface area (Å²) in [5, 5.41) is 17.3. The molecule has 156 valence electrons. The van der Waals surface area contributed by atoms with Gasteiger partial charge in [-0.05, 0) is 31.4 Å². The summed E-state index contributed by atoms with van der Waals surface area (Å²) >= 11 is 0. The summed E-state index contributed by atoms with van der Waals surface area (Å²) in [5.74, 6) is -0.141. The summed E-state index contributed by atoms with van der Waals surface area (Å²) in [6.45, 7) is 2.57. The average molecular weight is 393 g/mol. The number of hydrogen-bond acceptors (Lipinski definition) is 6. The molecule has 2 heterocycles. The van der Waals surface area contributed by atoms with Crippen molar-refractivity contribution in [1.29, 1.82) is 0 Å². The van der Waals surface area contributed by atoms with Crippen molar-refractivity contribution >= 4 is 12.4 Å². The zero-order chi connectivity index (χ0) is 20.4. The molecule has 0 bridgehead atoms. The molecular formula is C21H31NO6. The first kappa shape index (κ1) is 22.3. The molecule has 2 aliphatic rings. The second-order valence-electron chi connectivity index (χ2n) is 7.42. The molecule has 2 aliphatic heterocycles. The molecule has 1 spiro atoms. The molecule has 2 N–H and O–H groups in total. The molecule has 2 saturated heterocycles. The molecule has 0 radical (unpaired) electrons. The van der Waals surface area contributed by atoms with Crippen LogP contribution in [0.2, 0.25) is 0 Å². The lowest BCUT2D eigenvalue weighted by atomic mass is 9.81. The fourth-order valence-electron chi connectivity index (χ4n) is 4.08. The number of methoxy groups -OCH3 is 1. The van der Waals surface area contributed by atoms with Crippen molar-refractivity contribution in [3.8, 4) is 0 Å². The van der Waals surface area contributed by atoms with Gasteiger partial charge in [0, 0.05) is 32.4 Å². The number of hydrogen-bond donors (Lipinski definition) is 2. The van der Waals surface area contributed by atoms with E-state index in [0.717, 1.165) is 50.9 Å². The summed E-state index contributed by atoms with van der Waals surface area (Å²) in [6.07, 6.45) is 4.26. The molecule has 0 aromatic heterocycles. The van der Waals surface area contributed by atoms with Crippen LogP contribution in [0.1, 0.15) is 50.2 Å². The van der Waals surface area contributed by atoms with Crippen molar-refractivity contribution in [2.24, 2.45) is 0 Å². The third-order valence-corrected chi connectivity index (χ3v) is 5.51. The van der Waals surface area contributed by atoms with Crippen LogP contribution in [0, 0.1) is 0 Å². The summed E-state index contributed by atoms with van der Waals surface area (Å²) in [5.41, 5.74) is 0.943. The predicted octanol–water partition coefficient (Wildman–Crippen LogP) is 2.39. The van der Waals surface area contributed by atoms with Gasteiger partial charge in [-0.2, -0.15) is 0 Å². The monoisotopic (exact) mass is 393 g/mol. The second-order valence-corrected chi connectivity index (χ2v) is 7.42. The Morgan fingerprint density at radius 3 is 2.57 bits per heavy atom. The smallest absolute Gasteiger partial charge is 0.305 e. The summed E-state index contributed by atoms with van der Waals surface area (Å²) < 4.78 is 11.2. The molecular weight excluding hydrogens is 362 g/mol. The maximum atomic E-state index is 11.2. The van der Waals surface area contributed by atoms with Gasteiger partial charge in [0.2, 0.25) is 0 Å². The first-order chi connectivity index (χ1) is 13.5. The Balaban J connectivity index is 0.000000878. The van der Waals surface area contributed by atoms with Crippen LogP contribution in [0.5, 0.6) is 0 Å². The highest BCUT2D eigenvalue weighted by molar-refractivity contribution is 5.69. The lowest BCUT2D eigenvalue weighted by Gasteiger charge is -2.48. The minimum Gasteiger partial charge on any atom is -0.483 e. The van der Waals surface area contributed by atoms with Crippen molar-refractivity contribution in [3.05, 3.63) is 35.9 Å². The normalized spacial score (nSPS) is 24.1. The third kappa shape index (κ3) is 6.58. The van der Waals surface area contributed by atoms with Gasteiger partial charge in [0.25, 0.3) is 6.47 Å². The van der Waals surface area contributed by atoms with Gasteiger partial charge in [0.1, 0.15) is 0 Å². The van der Waals surface area contributed by atoms with Crippen LogP contribution in [0.4, 0.5) is 0 Å². The number of likely N-dealkylation sites (tertiary alicyclic amines) is 1. The number of esters is 1. The zero-order valence-electron chi connectivity index (χ0n) is 16.5. The molecule has 0 unspecified atom stereocenters. The highest BCUT2D eigenvalue weighted by atomic mass is 16.5. The molecule has 1 aromatic rings. The third-order valence-electron chi connectivity index (χ3n) is 5.51. The lowest BCUT2D eigenvalue weighted by Crippen LogP contribution is -2.51. The summed E-state index contributed by atoms with van der Waals surface area (Å²) in [6, 6.07) is 10.2. The van der Waals surface area contributed by atoms with E-state index in [2.05, 4.69) is 17.0 Å². The van der Waals surface area contributed by atoms with E-state index >= 15 is 0 Å². The van der Waals surface area contributed by atoms with Gasteiger partial charge in [-0.3, -0.25) is 9.59 Å². The molecule has 0 saturated carbocycles. The van der Waals surface area contributed by atoms with Crippen LogP contribution in [0.15, 0.2) is 30.3 Å². The van der Waals surface area contributed by atoms with Gasteiger partial charge in [-0.1, -0.05) is 30.3 Å². The number of aliphatic hydroxyl groups is 1. The fourth-order valence-corrected chi connectivity index (χ4v) is 4.08. The average Bonchev–Trinajstić information content (AvgIpc) is 2.70. The van der Waals surface area contributed by atoms with Crippen molar-refractivity contribution in [1.82, 2.24) is 4.90 Å². The predicted molar refractivity (Wildman–Crippen MR) is 104 cm³/mol. The molecule has 1 aromatic carbocycles. The van der Waals surface area contributed by atoms with E-state index in [0.29, 0.717) is 12.8 Å². The quantitative estimate of drug-likeness (QED) is 0.586. The van der Waals surface area contributed by atoms with E-state index in [1.807, 2.05) is 18.2 Å². The molecule has 0 amide bonds.